The SMILES string of the molecule is CCCCC/C=C\C/C=C\CCCCCCC(CC(C)=O)C(=O)O. The van der Waals surface area contributed by atoms with E-state index < -0.39 is 11.9 Å². The molecule has 0 fully saturated rings. The minimum Gasteiger partial charge on any atom is -0.481 e. The first-order valence-corrected chi connectivity index (χ1v) is 9.60. The van der Waals surface area contributed by atoms with Gasteiger partial charge in [-0.3, -0.25) is 4.79 Å². The Kier molecular flexibility index (Phi) is 15.5. The minimum atomic E-state index is -0.837. The Morgan fingerprint density at radius 3 is 2.00 bits per heavy atom. The van der Waals surface area contributed by atoms with Gasteiger partial charge in [-0.15, -0.1) is 0 Å². The van der Waals surface area contributed by atoms with Crippen molar-refractivity contribution in [2.24, 2.45) is 5.92 Å². The largest absolute Gasteiger partial charge is 0.481 e. The van der Waals surface area contributed by atoms with Crippen molar-refractivity contribution in [1.29, 1.82) is 0 Å². The second-order valence-electron chi connectivity index (χ2n) is 6.61. The van der Waals surface area contributed by atoms with Gasteiger partial charge in [0.2, 0.25) is 0 Å². The monoisotopic (exact) mass is 336 g/mol. The molecule has 0 saturated carbocycles. The number of hydrogen-bond donors (Lipinski definition) is 1. The van der Waals surface area contributed by atoms with Gasteiger partial charge in [-0.2, -0.15) is 0 Å². The summed E-state index contributed by atoms with van der Waals surface area (Å²) in [5, 5.41) is 9.06. The Hall–Kier alpha value is -1.38. The topological polar surface area (TPSA) is 54.4 Å². The summed E-state index contributed by atoms with van der Waals surface area (Å²) in [4.78, 5) is 22.1. The molecule has 0 bridgehead atoms. The molecule has 3 nitrogen and oxygen atoms in total. The van der Waals surface area contributed by atoms with Gasteiger partial charge in [0, 0.05) is 6.42 Å². The normalized spacial score (nSPS) is 12.9. The van der Waals surface area contributed by atoms with Crippen LogP contribution in [0.5, 0.6) is 0 Å². The zero-order valence-corrected chi connectivity index (χ0v) is 15.6. The number of Topliss-reactive ketones (excluding diaryl/α,β-unsaturated/α-hetero) is 1. The number of carbonyl (C=O) groups excluding carboxylic acids is 1. The maximum atomic E-state index is 11.0. The molecule has 0 heterocycles. The van der Waals surface area contributed by atoms with Crippen molar-refractivity contribution in [2.45, 2.75) is 90.9 Å². The van der Waals surface area contributed by atoms with E-state index in [1.165, 1.54) is 32.6 Å². The van der Waals surface area contributed by atoms with Crippen molar-refractivity contribution in [2.75, 3.05) is 0 Å². The second kappa shape index (κ2) is 16.5. The van der Waals surface area contributed by atoms with Crippen molar-refractivity contribution in [1.82, 2.24) is 0 Å². The number of hydrogen-bond acceptors (Lipinski definition) is 2. The fourth-order valence-corrected chi connectivity index (χ4v) is 2.69. The highest BCUT2D eigenvalue weighted by Gasteiger charge is 2.18. The van der Waals surface area contributed by atoms with E-state index in [1.54, 1.807) is 0 Å². The molecule has 0 aromatic rings. The number of carboxylic acid groups (broad SMARTS) is 1. The van der Waals surface area contributed by atoms with E-state index in [2.05, 4.69) is 31.2 Å². The van der Waals surface area contributed by atoms with E-state index in [-0.39, 0.29) is 12.2 Å². The van der Waals surface area contributed by atoms with Crippen LogP contribution in [-0.4, -0.2) is 16.9 Å². The molecule has 0 amide bonds. The van der Waals surface area contributed by atoms with Gasteiger partial charge in [0.1, 0.15) is 5.78 Å². The van der Waals surface area contributed by atoms with E-state index in [9.17, 15) is 9.59 Å². The number of ketones is 1. The fourth-order valence-electron chi connectivity index (χ4n) is 2.69. The summed E-state index contributed by atoms with van der Waals surface area (Å²) in [6.07, 6.45) is 21.2. The number of allylic oxidation sites excluding steroid dienone is 4. The molecule has 0 radical (unpaired) electrons. The zero-order chi connectivity index (χ0) is 18.0. The summed E-state index contributed by atoms with van der Waals surface area (Å²) in [6, 6.07) is 0. The number of rotatable bonds is 16. The van der Waals surface area contributed by atoms with Crippen molar-refractivity contribution >= 4 is 11.8 Å². The molecule has 0 aromatic heterocycles. The molecule has 0 spiro atoms. The first kappa shape index (κ1) is 22.6. The van der Waals surface area contributed by atoms with Crippen LogP contribution in [0, 0.1) is 5.92 Å². The smallest absolute Gasteiger partial charge is 0.306 e. The molecule has 1 unspecified atom stereocenters. The van der Waals surface area contributed by atoms with Crippen LogP contribution in [0.1, 0.15) is 90.9 Å². The average molecular weight is 337 g/mol. The molecule has 0 aliphatic carbocycles. The van der Waals surface area contributed by atoms with Crippen LogP contribution in [0.15, 0.2) is 24.3 Å². The minimum absolute atomic E-state index is 0.0352. The molecule has 3 heteroatoms. The summed E-state index contributed by atoms with van der Waals surface area (Å²) in [5.41, 5.74) is 0. The van der Waals surface area contributed by atoms with Crippen LogP contribution >= 0.6 is 0 Å². The van der Waals surface area contributed by atoms with Crippen molar-refractivity contribution in [3.05, 3.63) is 24.3 Å². The van der Waals surface area contributed by atoms with Gasteiger partial charge in [0.05, 0.1) is 5.92 Å². The number of aliphatic carboxylic acids is 1. The lowest BCUT2D eigenvalue weighted by molar-refractivity contribution is -0.143. The lowest BCUT2D eigenvalue weighted by Gasteiger charge is -2.09. The summed E-state index contributed by atoms with van der Waals surface area (Å²) in [5.74, 6) is -1.37. The fraction of sp³-hybridized carbons (Fsp3) is 0.714. The molecule has 1 atom stereocenters. The highest BCUT2D eigenvalue weighted by atomic mass is 16.4. The van der Waals surface area contributed by atoms with Crippen molar-refractivity contribution < 1.29 is 14.7 Å². The highest BCUT2D eigenvalue weighted by Crippen LogP contribution is 2.16. The van der Waals surface area contributed by atoms with Crippen molar-refractivity contribution in [3.8, 4) is 0 Å². The predicted molar refractivity (Wildman–Crippen MR) is 101 cm³/mol. The lowest BCUT2D eigenvalue weighted by Crippen LogP contribution is -2.16. The van der Waals surface area contributed by atoms with Crippen LogP contribution in [0.2, 0.25) is 0 Å². The molecule has 1 N–H and O–H groups in total. The van der Waals surface area contributed by atoms with Gasteiger partial charge in [-0.05, 0) is 45.4 Å². The Labute approximate surface area is 148 Å². The highest BCUT2D eigenvalue weighted by molar-refractivity contribution is 5.81. The van der Waals surface area contributed by atoms with E-state index >= 15 is 0 Å². The molecule has 0 aliphatic heterocycles. The van der Waals surface area contributed by atoms with Gasteiger partial charge in [0.25, 0.3) is 0 Å². The number of carbonyl (C=O) groups is 2. The zero-order valence-electron chi connectivity index (χ0n) is 15.6. The van der Waals surface area contributed by atoms with Gasteiger partial charge >= 0.3 is 5.97 Å². The first-order valence-electron chi connectivity index (χ1n) is 9.60. The molecular formula is C21H36O3. The summed E-state index contributed by atoms with van der Waals surface area (Å²) in [6.45, 7) is 3.69. The Morgan fingerprint density at radius 2 is 1.46 bits per heavy atom. The average Bonchev–Trinajstić information content (AvgIpc) is 2.53. The molecule has 0 saturated heterocycles. The number of unbranched alkanes of at least 4 members (excludes halogenated alkanes) is 7. The van der Waals surface area contributed by atoms with E-state index in [1.807, 2.05) is 0 Å². The summed E-state index contributed by atoms with van der Waals surface area (Å²) < 4.78 is 0. The molecule has 0 aliphatic rings. The molecule has 138 valence electrons. The maximum absolute atomic E-state index is 11.0. The van der Waals surface area contributed by atoms with Gasteiger partial charge in [-0.25, -0.2) is 0 Å². The van der Waals surface area contributed by atoms with Gasteiger partial charge in [-0.1, -0.05) is 63.3 Å². The Balaban J connectivity index is 3.51. The summed E-state index contributed by atoms with van der Waals surface area (Å²) >= 11 is 0. The van der Waals surface area contributed by atoms with Crippen LogP contribution < -0.4 is 0 Å². The standard InChI is InChI=1S/C21H36O3/c1-3-4-5-6-7-8-9-10-11-12-13-14-15-16-17-20(21(23)24)18-19(2)22/h7-8,10-11,20H,3-6,9,12-18H2,1-2H3,(H,23,24)/b8-7-,11-10-. The molecule has 24 heavy (non-hydrogen) atoms. The van der Waals surface area contributed by atoms with Gasteiger partial charge in [0.15, 0.2) is 0 Å². The third kappa shape index (κ3) is 15.5. The maximum Gasteiger partial charge on any atom is 0.306 e. The van der Waals surface area contributed by atoms with Crippen LogP contribution in [0.4, 0.5) is 0 Å². The quantitative estimate of drug-likeness (QED) is 0.274. The second-order valence-corrected chi connectivity index (χ2v) is 6.61. The summed E-state index contributed by atoms with van der Waals surface area (Å²) in [7, 11) is 0. The third-order valence-corrected chi connectivity index (χ3v) is 4.14. The van der Waals surface area contributed by atoms with Crippen LogP contribution in [0.25, 0.3) is 0 Å². The number of carboxylic acids is 1. The van der Waals surface area contributed by atoms with Crippen LogP contribution in [-0.2, 0) is 9.59 Å². The lowest BCUT2D eigenvalue weighted by atomic mass is 9.96. The van der Waals surface area contributed by atoms with Gasteiger partial charge < -0.3 is 9.90 Å². The van der Waals surface area contributed by atoms with E-state index in [4.69, 9.17) is 5.11 Å². The molecule has 0 rings (SSSR count). The Morgan fingerprint density at radius 1 is 0.875 bits per heavy atom. The van der Waals surface area contributed by atoms with E-state index in [0.717, 1.165) is 38.5 Å². The Bertz CT molecular complexity index is 383. The molecular weight excluding hydrogens is 300 g/mol. The van der Waals surface area contributed by atoms with E-state index in [0.29, 0.717) is 6.42 Å². The molecule has 0 aromatic carbocycles. The van der Waals surface area contributed by atoms with Crippen LogP contribution in [0.3, 0.4) is 0 Å². The predicted octanol–water partition coefficient (Wildman–Crippen LogP) is 6.09. The van der Waals surface area contributed by atoms with Crippen molar-refractivity contribution in [3.63, 3.8) is 0 Å². The first-order chi connectivity index (χ1) is 11.6. The third-order valence-electron chi connectivity index (χ3n) is 4.14.